The van der Waals surface area contributed by atoms with Gasteiger partial charge in [0.15, 0.2) is 0 Å². The molecule has 1 aromatic rings. The van der Waals surface area contributed by atoms with Gasteiger partial charge in [-0.2, -0.15) is 0 Å². The number of hydrogen-bond donors (Lipinski definition) is 1. The molecule has 6 heteroatoms. The number of nitrogens with zero attached hydrogens (tertiary/aromatic N) is 1. The number of benzene rings is 1. The van der Waals surface area contributed by atoms with E-state index < -0.39 is 10.0 Å². The van der Waals surface area contributed by atoms with Crippen molar-refractivity contribution in [2.75, 3.05) is 27.2 Å². The normalized spacial score (nSPS) is 17.6. The fourth-order valence-corrected chi connectivity index (χ4v) is 2.91. The van der Waals surface area contributed by atoms with E-state index in [-0.39, 0.29) is 11.0 Å². The van der Waals surface area contributed by atoms with Gasteiger partial charge < -0.3 is 10.1 Å². The fourth-order valence-electron chi connectivity index (χ4n) is 2.01. The molecule has 0 aromatic heterocycles. The van der Waals surface area contributed by atoms with Gasteiger partial charge in [0.2, 0.25) is 10.0 Å². The van der Waals surface area contributed by atoms with Crippen LogP contribution in [0.3, 0.4) is 0 Å². The maximum absolute atomic E-state index is 11.9. The van der Waals surface area contributed by atoms with Gasteiger partial charge in [0.05, 0.1) is 4.90 Å². The zero-order valence-corrected chi connectivity index (χ0v) is 12.1. The van der Waals surface area contributed by atoms with Crippen LogP contribution in [0.2, 0.25) is 0 Å². The molecule has 0 saturated carbocycles. The van der Waals surface area contributed by atoms with Crippen LogP contribution in [-0.4, -0.2) is 46.0 Å². The van der Waals surface area contributed by atoms with Crippen molar-refractivity contribution in [3.63, 3.8) is 0 Å². The maximum Gasteiger partial charge on any atom is 0.242 e. The summed E-state index contributed by atoms with van der Waals surface area (Å²) in [7, 11) is -0.314. The summed E-state index contributed by atoms with van der Waals surface area (Å²) < 4.78 is 30.9. The molecule has 19 heavy (non-hydrogen) atoms. The standard InChI is InChI=1S/C13H20N2O3S/c1-15(2)19(16,17)13-5-3-11(4-6-13)18-12-7-9-14-10-8-12/h3-6,12,14H,7-10H2,1-2H3. The lowest BCUT2D eigenvalue weighted by Crippen LogP contribution is -2.34. The van der Waals surface area contributed by atoms with Crippen LogP contribution in [0.5, 0.6) is 5.75 Å². The Labute approximate surface area is 114 Å². The molecule has 0 spiro atoms. The zero-order chi connectivity index (χ0) is 13.9. The van der Waals surface area contributed by atoms with Crippen molar-refractivity contribution in [2.24, 2.45) is 0 Å². The molecule has 106 valence electrons. The Kier molecular flexibility index (Phi) is 4.44. The van der Waals surface area contributed by atoms with Crippen molar-refractivity contribution in [1.29, 1.82) is 0 Å². The van der Waals surface area contributed by atoms with Gasteiger partial charge in [-0.05, 0) is 50.2 Å². The van der Waals surface area contributed by atoms with Gasteiger partial charge in [-0.15, -0.1) is 0 Å². The zero-order valence-electron chi connectivity index (χ0n) is 11.3. The number of ether oxygens (including phenoxy) is 1. The van der Waals surface area contributed by atoms with E-state index in [9.17, 15) is 8.42 Å². The van der Waals surface area contributed by atoms with E-state index in [1.165, 1.54) is 18.4 Å². The fraction of sp³-hybridized carbons (Fsp3) is 0.538. The number of nitrogens with one attached hydrogen (secondary N) is 1. The van der Waals surface area contributed by atoms with Crippen molar-refractivity contribution >= 4 is 10.0 Å². The third-order valence-corrected chi connectivity index (χ3v) is 5.02. The van der Waals surface area contributed by atoms with Crippen molar-refractivity contribution in [3.05, 3.63) is 24.3 Å². The average Bonchev–Trinajstić information content (AvgIpc) is 2.40. The molecule has 1 aliphatic rings. The lowest BCUT2D eigenvalue weighted by atomic mass is 10.1. The van der Waals surface area contributed by atoms with Gasteiger partial charge in [-0.3, -0.25) is 0 Å². The van der Waals surface area contributed by atoms with Crippen molar-refractivity contribution in [1.82, 2.24) is 9.62 Å². The minimum Gasteiger partial charge on any atom is -0.490 e. The van der Waals surface area contributed by atoms with Gasteiger partial charge in [0.1, 0.15) is 11.9 Å². The third-order valence-electron chi connectivity index (χ3n) is 3.19. The summed E-state index contributed by atoms with van der Waals surface area (Å²) in [6.07, 6.45) is 2.19. The molecule has 5 nitrogen and oxygen atoms in total. The Balaban J connectivity index is 2.06. The summed E-state index contributed by atoms with van der Waals surface area (Å²) in [5.41, 5.74) is 0. The predicted octanol–water partition coefficient (Wildman–Crippen LogP) is 1.07. The molecule has 1 aliphatic heterocycles. The van der Waals surface area contributed by atoms with E-state index >= 15 is 0 Å². The molecule has 1 fully saturated rings. The SMILES string of the molecule is CN(C)S(=O)(=O)c1ccc(OC2CCNCC2)cc1. The summed E-state index contributed by atoms with van der Waals surface area (Å²) in [6.45, 7) is 1.94. The van der Waals surface area contributed by atoms with Crippen LogP contribution in [0.1, 0.15) is 12.8 Å². The molecule has 0 amide bonds. The highest BCUT2D eigenvalue weighted by Crippen LogP contribution is 2.20. The van der Waals surface area contributed by atoms with Crippen LogP contribution < -0.4 is 10.1 Å². The first-order valence-electron chi connectivity index (χ1n) is 6.40. The lowest BCUT2D eigenvalue weighted by Gasteiger charge is -2.23. The molecule has 1 aromatic carbocycles. The Morgan fingerprint density at radius 3 is 2.26 bits per heavy atom. The third kappa shape index (κ3) is 3.46. The minimum atomic E-state index is -3.36. The molecule has 2 rings (SSSR count). The summed E-state index contributed by atoms with van der Waals surface area (Å²) in [5.74, 6) is 0.726. The van der Waals surface area contributed by atoms with E-state index in [0.29, 0.717) is 0 Å². The topological polar surface area (TPSA) is 58.6 Å². The molecule has 1 saturated heterocycles. The second kappa shape index (κ2) is 5.90. The summed E-state index contributed by atoms with van der Waals surface area (Å²) in [5, 5.41) is 3.28. The highest BCUT2D eigenvalue weighted by molar-refractivity contribution is 7.89. The van der Waals surface area contributed by atoms with Crippen molar-refractivity contribution in [3.8, 4) is 5.75 Å². The van der Waals surface area contributed by atoms with E-state index in [1.807, 2.05) is 0 Å². The van der Waals surface area contributed by atoms with E-state index in [2.05, 4.69) is 5.32 Å². The Hall–Kier alpha value is -1.11. The van der Waals surface area contributed by atoms with Gasteiger partial charge in [0.25, 0.3) is 0 Å². The molecule has 0 unspecified atom stereocenters. The first-order chi connectivity index (χ1) is 9.00. The quantitative estimate of drug-likeness (QED) is 0.898. The highest BCUT2D eigenvalue weighted by Gasteiger charge is 2.18. The van der Waals surface area contributed by atoms with E-state index in [4.69, 9.17) is 4.74 Å². The molecule has 0 radical (unpaired) electrons. The molecule has 1 heterocycles. The molecule has 0 aliphatic carbocycles. The van der Waals surface area contributed by atoms with E-state index in [1.54, 1.807) is 24.3 Å². The molecule has 0 atom stereocenters. The summed E-state index contributed by atoms with van der Waals surface area (Å²) in [6, 6.07) is 6.62. The monoisotopic (exact) mass is 284 g/mol. The second-order valence-corrected chi connectivity index (χ2v) is 6.98. The second-order valence-electron chi connectivity index (χ2n) is 4.83. The first-order valence-corrected chi connectivity index (χ1v) is 7.84. The first kappa shape index (κ1) is 14.3. The highest BCUT2D eigenvalue weighted by atomic mass is 32.2. The van der Waals surface area contributed by atoms with Gasteiger partial charge >= 0.3 is 0 Å². The van der Waals surface area contributed by atoms with Crippen LogP contribution in [0.4, 0.5) is 0 Å². The van der Waals surface area contributed by atoms with Gasteiger partial charge in [-0.25, -0.2) is 12.7 Å². The molecule has 1 N–H and O–H groups in total. The summed E-state index contributed by atoms with van der Waals surface area (Å²) in [4.78, 5) is 0.287. The maximum atomic E-state index is 11.9. The number of rotatable bonds is 4. The minimum absolute atomic E-state index is 0.220. The number of hydrogen-bond acceptors (Lipinski definition) is 4. The largest absolute Gasteiger partial charge is 0.490 e. The predicted molar refractivity (Wildman–Crippen MR) is 73.8 cm³/mol. The van der Waals surface area contributed by atoms with Crippen LogP contribution >= 0.6 is 0 Å². The Morgan fingerprint density at radius 1 is 1.16 bits per heavy atom. The van der Waals surface area contributed by atoms with Gasteiger partial charge in [-0.1, -0.05) is 0 Å². The lowest BCUT2D eigenvalue weighted by molar-refractivity contribution is 0.162. The average molecular weight is 284 g/mol. The summed E-state index contributed by atoms with van der Waals surface area (Å²) >= 11 is 0. The van der Waals surface area contributed by atoms with Crippen molar-refractivity contribution in [2.45, 2.75) is 23.8 Å². The van der Waals surface area contributed by atoms with Crippen LogP contribution in [0.15, 0.2) is 29.2 Å². The Bertz CT molecular complexity index is 505. The smallest absolute Gasteiger partial charge is 0.242 e. The van der Waals surface area contributed by atoms with Crippen molar-refractivity contribution < 1.29 is 13.2 Å². The van der Waals surface area contributed by atoms with Gasteiger partial charge in [0, 0.05) is 14.1 Å². The van der Waals surface area contributed by atoms with E-state index in [0.717, 1.165) is 31.7 Å². The molecular weight excluding hydrogens is 264 g/mol. The number of sulfonamides is 1. The molecule has 0 bridgehead atoms. The van der Waals surface area contributed by atoms with Crippen LogP contribution in [0.25, 0.3) is 0 Å². The Morgan fingerprint density at radius 2 is 1.74 bits per heavy atom. The van der Waals surface area contributed by atoms with Crippen LogP contribution in [0, 0.1) is 0 Å². The molecular formula is C13H20N2O3S. The van der Waals surface area contributed by atoms with Crippen LogP contribution in [-0.2, 0) is 10.0 Å². The number of piperidine rings is 1.